The average Bonchev–Trinajstić information content (AvgIpc) is 1.85. The molecule has 0 fully saturated rings. The molecular weight excluding hydrogens is 154 g/mol. The second kappa shape index (κ2) is 5.14. The second-order valence-corrected chi connectivity index (χ2v) is 3.72. The van der Waals surface area contributed by atoms with Gasteiger partial charge in [-0.3, -0.25) is 4.79 Å². The third kappa shape index (κ3) is 6.16. The van der Waals surface area contributed by atoms with Crippen molar-refractivity contribution < 1.29 is 14.0 Å². The molecular formula is C9H20NO2+. The highest BCUT2D eigenvalue weighted by molar-refractivity contribution is 5.65. The van der Waals surface area contributed by atoms with Crippen LogP contribution < -0.4 is 0 Å². The lowest BCUT2D eigenvalue weighted by atomic mass is 10.4. The lowest BCUT2D eigenvalue weighted by Crippen LogP contribution is -2.42. The highest BCUT2D eigenvalue weighted by atomic mass is 16.5. The first-order valence-electron chi connectivity index (χ1n) is 4.43. The van der Waals surface area contributed by atoms with Crippen LogP contribution in [0.15, 0.2) is 0 Å². The van der Waals surface area contributed by atoms with Gasteiger partial charge in [-0.25, -0.2) is 0 Å². The quantitative estimate of drug-likeness (QED) is 0.460. The van der Waals surface area contributed by atoms with Crippen LogP contribution in [0.2, 0.25) is 0 Å². The molecule has 3 heteroatoms. The van der Waals surface area contributed by atoms with Gasteiger partial charge in [0.15, 0.2) is 0 Å². The van der Waals surface area contributed by atoms with E-state index in [0.29, 0.717) is 6.61 Å². The van der Waals surface area contributed by atoms with Crippen LogP contribution in [-0.2, 0) is 9.53 Å². The van der Waals surface area contributed by atoms with E-state index in [1.54, 1.807) is 0 Å². The van der Waals surface area contributed by atoms with Crippen molar-refractivity contribution in [3.8, 4) is 0 Å². The molecule has 0 N–H and O–H groups in total. The number of hydrogen-bond donors (Lipinski definition) is 0. The van der Waals surface area contributed by atoms with E-state index in [2.05, 4.69) is 21.0 Å². The maximum atomic E-state index is 10.5. The summed E-state index contributed by atoms with van der Waals surface area (Å²) in [5, 5.41) is 0. The summed E-state index contributed by atoms with van der Waals surface area (Å²) in [4.78, 5) is 10.5. The molecule has 0 rings (SSSR count). The Morgan fingerprint density at radius 3 is 2.33 bits per heavy atom. The molecule has 0 aliphatic carbocycles. The van der Waals surface area contributed by atoms with E-state index in [0.717, 1.165) is 24.0 Å². The number of likely N-dealkylation sites (N-methyl/N-ethyl adjacent to an activating group) is 1. The van der Waals surface area contributed by atoms with E-state index in [9.17, 15) is 4.79 Å². The Balaban J connectivity index is 3.53. The SMILES string of the molecule is CCC[N+](C)(C)CCOC(C)=O. The summed E-state index contributed by atoms with van der Waals surface area (Å²) in [5.74, 6) is -0.188. The third-order valence-corrected chi connectivity index (χ3v) is 1.83. The van der Waals surface area contributed by atoms with Gasteiger partial charge in [-0.2, -0.15) is 0 Å². The summed E-state index contributed by atoms with van der Waals surface area (Å²) in [7, 11) is 4.29. The van der Waals surface area contributed by atoms with Gasteiger partial charge < -0.3 is 9.22 Å². The molecule has 0 radical (unpaired) electrons. The Morgan fingerprint density at radius 1 is 1.33 bits per heavy atom. The number of ether oxygens (including phenoxy) is 1. The van der Waals surface area contributed by atoms with Crippen molar-refractivity contribution >= 4 is 5.97 Å². The highest BCUT2D eigenvalue weighted by Gasteiger charge is 2.13. The van der Waals surface area contributed by atoms with E-state index < -0.39 is 0 Å². The number of nitrogens with zero attached hydrogens (tertiary/aromatic N) is 1. The molecule has 0 amide bonds. The van der Waals surface area contributed by atoms with Crippen molar-refractivity contribution in [2.45, 2.75) is 20.3 Å². The molecule has 0 bridgehead atoms. The summed E-state index contributed by atoms with van der Waals surface area (Å²) >= 11 is 0. The minimum Gasteiger partial charge on any atom is -0.460 e. The topological polar surface area (TPSA) is 26.3 Å². The summed E-state index contributed by atoms with van der Waals surface area (Å²) in [6, 6.07) is 0. The fourth-order valence-corrected chi connectivity index (χ4v) is 1.15. The van der Waals surface area contributed by atoms with Crippen LogP contribution in [-0.4, -0.2) is 44.2 Å². The molecule has 0 unspecified atom stereocenters. The second-order valence-electron chi connectivity index (χ2n) is 3.72. The Kier molecular flexibility index (Phi) is 4.90. The van der Waals surface area contributed by atoms with E-state index >= 15 is 0 Å². The molecule has 0 saturated heterocycles. The minimum absolute atomic E-state index is 0.188. The molecule has 0 aromatic heterocycles. The van der Waals surface area contributed by atoms with Crippen molar-refractivity contribution in [3.63, 3.8) is 0 Å². The van der Waals surface area contributed by atoms with Crippen LogP contribution in [0, 0.1) is 0 Å². The van der Waals surface area contributed by atoms with Crippen LogP contribution in [0.1, 0.15) is 20.3 Å². The number of rotatable bonds is 5. The van der Waals surface area contributed by atoms with Gasteiger partial charge in [0, 0.05) is 6.92 Å². The van der Waals surface area contributed by atoms with Crippen LogP contribution in [0.5, 0.6) is 0 Å². The van der Waals surface area contributed by atoms with Crippen LogP contribution >= 0.6 is 0 Å². The smallest absolute Gasteiger partial charge is 0.302 e. The van der Waals surface area contributed by atoms with Gasteiger partial charge in [0.05, 0.1) is 20.6 Å². The van der Waals surface area contributed by atoms with Gasteiger partial charge in [0.1, 0.15) is 13.2 Å². The van der Waals surface area contributed by atoms with Crippen LogP contribution in [0.4, 0.5) is 0 Å². The molecule has 3 nitrogen and oxygen atoms in total. The minimum atomic E-state index is -0.188. The van der Waals surface area contributed by atoms with Gasteiger partial charge in [0.2, 0.25) is 0 Å². The number of hydrogen-bond acceptors (Lipinski definition) is 2. The van der Waals surface area contributed by atoms with Gasteiger partial charge in [-0.15, -0.1) is 0 Å². The van der Waals surface area contributed by atoms with Crippen molar-refractivity contribution in [2.24, 2.45) is 0 Å². The van der Waals surface area contributed by atoms with Crippen molar-refractivity contribution in [1.82, 2.24) is 0 Å². The van der Waals surface area contributed by atoms with E-state index in [-0.39, 0.29) is 5.97 Å². The molecule has 0 aromatic carbocycles. The Hall–Kier alpha value is -0.570. The Morgan fingerprint density at radius 2 is 1.92 bits per heavy atom. The summed E-state index contributed by atoms with van der Waals surface area (Å²) < 4.78 is 5.79. The lowest BCUT2D eigenvalue weighted by molar-refractivity contribution is -0.890. The summed E-state index contributed by atoms with van der Waals surface area (Å²) in [6.07, 6.45) is 1.16. The average molecular weight is 174 g/mol. The first kappa shape index (κ1) is 11.4. The molecule has 12 heavy (non-hydrogen) atoms. The van der Waals surface area contributed by atoms with E-state index in [4.69, 9.17) is 4.74 Å². The van der Waals surface area contributed by atoms with Gasteiger partial charge in [0.25, 0.3) is 0 Å². The fraction of sp³-hybridized carbons (Fsp3) is 0.889. The zero-order chi connectivity index (χ0) is 9.61. The van der Waals surface area contributed by atoms with E-state index in [1.165, 1.54) is 6.92 Å². The molecule has 0 heterocycles. The summed E-state index contributed by atoms with van der Waals surface area (Å²) in [5.41, 5.74) is 0. The lowest BCUT2D eigenvalue weighted by Gasteiger charge is -2.28. The normalized spacial score (nSPS) is 11.3. The van der Waals surface area contributed by atoms with Gasteiger partial charge >= 0.3 is 5.97 Å². The largest absolute Gasteiger partial charge is 0.460 e. The summed E-state index contributed by atoms with van der Waals surface area (Å²) in [6.45, 7) is 6.16. The van der Waals surface area contributed by atoms with Gasteiger partial charge in [-0.05, 0) is 6.42 Å². The molecule has 0 aliphatic heterocycles. The van der Waals surface area contributed by atoms with Crippen molar-refractivity contribution in [2.75, 3.05) is 33.8 Å². The van der Waals surface area contributed by atoms with Crippen molar-refractivity contribution in [1.29, 1.82) is 0 Å². The first-order valence-corrected chi connectivity index (χ1v) is 4.43. The zero-order valence-electron chi connectivity index (χ0n) is 8.59. The van der Waals surface area contributed by atoms with Gasteiger partial charge in [-0.1, -0.05) is 6.92 Å². The molecule has 0 saturated carbocycles. The maximum Gasteiger partial charge on any atom is 0.302 e. The molecule has 72 valence electrons. The number of quaternary nitrogens is 1. The van der Waals surface area contributed by atoms with E-state index in [1.807, 2.05) is 0 Å². The predicted octanol–water partition coefficient (Wildman–Crippen LogP) is 1.04. The predicted molar refractivity (Wildman–Crippen MR) is 48.8 cm³/mol. The highest BCUT2D eigenvalue weighted by Crippen LogP contribution is 1.98. The number of esters is 1. The fourth-order valence-electron chi connectivity index (χ4n) is 1.15. The molecule has 0 atom stereocenters. The molecule has 0 aliphatic rings. The van der Waals surface area contributed by atoms with Crippen LogP contribution in [0.25, 0.3) is 0 Å². The Labute approximate surface area is 74.9 Å². The maximum absolute atomic E-state index is 10.5. The zero-order valence-corrected chi connectivity index (χ0v) is 8.59. The molecule has 0 spiro atoms. The third-order valence-electron chi connectivity index (χ3n) is 1.83. The van der Waals surface area contributed by atoms with Crippen LogP contribution in [0.3, 0.4) is 0 Å². The first-order chi connectivity index (χ1) is 5.48. The standard InChI is InChI=1S/C9H20NO2/c1-5-6-10(3,4)7-8-12-9(2)11/h5-8H2,1-4H3/q+1. The Bertz CT molecular complexity index is 143. The number of carbonyl (C=O) groups excluding carboxylic acids is 1. The monoisotopic (exact) mass is 174 g/mol. The number of carbonyl (C=O) groups is 1. The van der Waals surface area contributed by atoms with Crippen molar-refractivity contribution in [3.05, 3.63) is 0 Å². The molecule has 0 aromatic rings.